The molecule has 4 rings (SSSR count). The number of pyridine rings is 1. The van der Waals surface area contributed by atoms with E-state index < -0.39 is 5.60 Å². The van der Waals surface area contributed by atoms with E-state index in [-0.39, 0.29) is 18.4 Å². The van der Waals surface area contributed by atoms with Crippen LogP contribution in [-0.2, 0) is 4.79 Å². The first-order chi connectivity index (χ1) is 15.3. The fourth-order valence-corrected chi connectivity index (χ4v) is 3.12. The summed E-state index contributed by atoms with van der Waals surface area (Å²) in [5.41, 5.74) is 1.59. The van der Waals surface area contributed by atoms with E-state index in [9.17, 15) is 9.90 Å². The van der Waals surface area contributed by atoms with Crippen LogP contribution >= 0.6 is 0 Å². The molecule has 0 aliphatic heterocycles. The van der Waals surface area contributed by atoms with Crippen molar-refractivity contribution >= 4 is 40.6 Å². The number of amides is 1. The summed E-state index contributed by atoms with van der Waals surface area (Å²) in [4.78, 5) is 16.5. The highest BCUT2D eigenvalue weighted by Gasteiger charge is 2.30. The Hall–Kier alpha value is -3.52. The predicted octanol–water partition coefficient (Wildman–Crippen LogP) is 3.74. The number of nitrogens with one attached hydrogen (secondary N) is 2. The molecule has 1 amide bonds. The molecule has 1 saturated carbocycles. The standard InChI is InChI=1S/C24H27N5O3/c1-24(2,31)14-32-18-10-5-15(6-11-18)4-7-17-13-26-22(25-3)21-19(17)12-20(28-29-21)27-23(30)16-8-9-16/h4-7,10-13,16,31H,8-9,14H2,1-3H3,(H,25,26)(H,27,28,30)/b7-4+. The molecule has 3 N–H and O–H groups in total. The third kappa shape index (κ3) is 5.39. The number of ether oxygens (including phenoxy) is 1. The first kappa shape index (κ1) is 21.7. The maximum absolute atomic E-state index is 12.1. The van der Waals surface area contributed by atoms with E-state index in [0.717, 1.165) is 29.4 Å². The molecule has 0 spiro atoms. The normalized spacial score (nSPS) is 14.0. The molecule has 0 unspecified atom stereocenters. The van der Waals surface area contributed by atoms with Gasteiger partial charge in [0.15, 0.2) is 11.6 Å². The van der Waals surface area contributed by atoms with Gasteiger partial charge in [0, 0.05) is 30.1 Å². The summed E-state index contributed by atoms with van der Waals surface area (Å²) >= 11 is 0. The van der Waals surface area contributed by atoms with Crippen molar-refractivity contribution in [1.29, 1.82) is 0 Å². The lowest BCUT2D eigenvalue weighted by molar-refractivity contribution is -0.117. The van der Waals surface area contributed by atoms with Gasteiger partial charge in [-0.2, -0.15) is 0 Å². The van der Waals surface area contributed by atoms with Gasteiger partial charge in [-0.1, -0.05) is 24.3 Å². The summed E-state index contributed by atoms with van der Waals surface area (Å²) in [5.74, 6) is 1.84. The number of nitrogens with zero attached hydrogens (tertiary/aromatic N) is 3. The van der Waals surface area contributed by atoms with Crippen LogP contribution in [0.2, 0.25) is 0 Å². The number of fused-ring (bicyclic) bond motifs is 1. The fraction of sp³-hybridized carbons (Fsp3) is 0.333. The van der Waals surface area contributed by atoms with Crippen molar-refractivity contribution in [3.63, 3.8) is 0 Å². The lowest BCUT2D eigenvalue weighted by Crippen LogP contribution is -2.27. The van der Waals surface area contributed by atoms with Crippen LogP contribution in [0.25, 0.3) is 23.1 Å². The van der Waals surface area contributed by atoms with Crippen LogP contribution in [0.15, 0.2) is 36.5 Å². The second-order valence-electron chi connectivity index (χ2n) is 8.57. The Bertz CT molecular complexity index is 1150. The molecule has 0 saturated heterocycles. The fourth-order valence-electron chi connectivity index (χ4n) is 3.12. The Morgan fingerprint density at radius 1 is 1.22 bits per heavy atom. The Kier molecular flexibility index (Phi) is 6.05. The van der Waals surface area contributed by atoms with Crippen LogP contribution in [-0.4, -0.2) is 45.5 Å². The molecule has 3 aromatic rings. The average molecular weight is 434 g/mol. The second-order valence-corrected chi connectivity index (χ2v) is 8.57. The highest BCUT2D eigenvalue weighted by Crippen LogP contribution is 2.31. The Morgan fingerprint density at radius 2 is 1.97 bits per heavy atom. The number of benzene rings is 1. The van der Waals surface area contributed by atoms with E-state index in [0.29, 0.717) is 22.9 Å². The number of hydrogen-bond acceptors (Lipinski definition) is 7. The van der Waals surface area contributed by atoms with Crippen molar-refractivity contribution in [2.75, 3.05) is 24.3 Å². The number of aliphatic hydroxyl groups is 1. The third-order valence-electron chi connectivity index (χ3n) is 5.03. The molecule has 2 heterocycles. The van der Waals surface area contributed by atoms with Gasteiger partial charge in [0.2, 0.25) is 5.91 Å². The SMILES string of the molecule is CNc1ncc(/C=C/c2ccc(OCC(C)(C)O)cc2)c2cc(NC(=O)C3CC3)nnc12. The first-order valence-electron chi connectivity index (χ1n) is 10.6. The Morgan fingerprint density at radius 3 is 2.62 bits per heavy atom. The molecule has 0 atom stereocenters. The predicted molar refractivity (Wildman–Crippen MR) is 125 cm³/mol. The number of anilines is 2. The van der Waals surface area contributed by atoms with Crippen LogP contribution in [0, 0.1) is 5.92 Å². The number of aromatic nitrogens is 3. The van der Waals surface area contributed by atoms with Crippen molar-refractivity contribution in [2.45, 2.75) is 32.3 Å². The number of carbonyl (C=O) groups excluding carboxylic acids is 1. The van der Waals surface area contributed by atoms with E-state index in [2.05, 4.69) is 25.8 Å². The summed E-state index contributed by atoms with van der Waals surface area (Å²) in [5, 5.41) is 25.0. The molecule has 1 aliphatic carbocycles. The van der Waals surface area contributed by atoms with Crippen molar-refractivity contribution < 1.29 is 14.6 Å². The number of carbonyl (C=O) groups is 1. The summed E-state index contributed by atoms with van der Waals surface area (Å²) < 4.78 is 5.60. The van der Waals surface area contributed by atoms with Crippen molar-refractivity contribution in [3.05, 3.63) is 47.7 Å². The average Bonchev–Trinajstić information content (AvgIpc) is 3.62. The van der Waals surface area contributed by atoms with Crippen molar-refractivity contribution in [3.8, 4) is 5.75 Å². The van der Waals surface area contributed by atoms with Gasteiger partial charge in [-0.3, -0.25) is 4.79 Å². The molecular weight excluding hydrogens is 406 g/mol. The minimum absolute atomic E-state index is 0.00877. The Balaban J connectivity index is 1.57. The topological polar surface area (TPSA) is 109 Å². The van der Waals surface area contributed by atoms with E-state index >= 15 is 0 Å². The summed E-state index contributed by atoms with van der Waals surface area (Å²) in [7, 11) is 1.78. The number of rotatable bonds is 8. The molecule has 1 aliphatic rings. The van der Waals surface area contributed by atoms with Gasteiger partial charge in [-0.05, 0) is 50.5 Å². The molecule has 8 heteroatoms. The lowest BCUT2D eigenvalue weighted by Gasteiger charge is -2.17. The van der Waals surface area contributed by atoms with Gasteiger partial charge in [-0.15, -0.1) is 10.2 Å². The quantitative estimate of drug-likeness (QED) is 0.496. The lowest BCUT2D eigenvalue weighted by atomic mass is 10.1. The highest BCUT2D eigenvalue weighted by molar-refractivity contribution is 5.99. The zero-order valence-electron chi connectivity index (χ0n) is 18.4. The molecule has 32 heavy (non-hydrogen) atoms. The summed E-state index contributed by atoms with van der Waals surface area (Å²) in [6.45, 7) is 3.63. The third-order valence-corrected chi connectivity index (χ3v) is 5.03. The van der Waals surface area contributed by atoms with Crippen LogP contribution in [0.3, 0.4) is 0 Å². The van der Waals surface area contributed by atoms with E-state index in [4.69, 9.17) is 4.74 Å². The molecule has 0 bridgehead atoms. The van der Waals surface area contributed by atoms with E-state index in [1.807, 2.05) is 42.5 Å². The summed E-state index contributed by atoms with van der Waals surface area (Å²) in [6.07, 6.45) is 7.54. The van der Waals surface area contributed by atoms with Gasteiger partial charge < -0.3 is 20.5 Å². The minimum atomic E-state index is -0.883. The van der Waals surface area contributed by atoms with Crippen LogP contribution in [0.5, 0.6) is 5.75 Å². The van der Waals surface area contributed by atoms with E-state index in [1.165, 1.54) is 0 Å². The smallest absolute Gasteiger partial charge is 0.228 e. The van der Waals surface area contributed by atoms with Gasteiger partial charge in [0.05, 0.1) is 5.60 Å². The van der Waals surface area contributed by atoms with Gasteiger partial charge in [-0.25, -0.2) is 4.98 Å². The van der Waals surface area contributed by atoms with Crippen molar-refractivity contribution in [1.82, 2.24) is 15.2 Å². The number of hydrogen-bond donors (Lipinski definition) is 3. The highest BCUT2D eigenvalue weighted by atomic mass is 16.5. The van der Waals surface area contributed by atoms with Gasteiger partial charge in [0.25, 0.3) is 0 Å². The maximum Gasteiger partial charge on any atom is 0.228 e. The molecule has 166 valence electrons. The monoisotopic (exact) mass is 433 g/mol. The molecule has 2 aromatic heterocycles. The van der Waals surface area contributed by atoms with Crippen LogP contribution in [0.4, 0.5) is 11.6 Å². The molecule has 8 nitrogen and oxygen atoms in total. The van der Waals surface area contributed by atoms with Gasteiger partial charge >= 0.3 is 0 Å². The first-order valence-corrected chi connectivity index (χ1v) is 10.6. The maximum atomic E-state index is 12.1. The molecule has 0 radical (unpaired) electrons. The molecular formula is C24H27N5O3. The molecule has 1 fully saturated rings. The van der Waals surface area contributed by atoms with Crippen LogP contribution < -0.4 is 15.4 Å². The second kappa shape index (κ2) is 8.92. The summed E-state index contributed by atoms with van der Waals surface area (Å²) in [6, 6.07) is 9.44. The Labute approximate surface area is 186 Å². The largest absolute Gasteiger partial charge is 0.491 e. The van der Waals surface area contributed by atoms with E-state index in [1.54, 1.807) is 27.1 Å². The van der Waals surface area contributed by atoms with Gasteiger partial charge in [0.1, 0.15) is 17.9 Å². The molecule has 1 aromatic carbocycles. The van der Waals surface area contributed by atoms with Crippen molar-refractivity contribution in [2.24, 2.45) is 5.92 Å². The zero-order valence-corrected chi connectivity index (χ0v) is 18.4. The minimum Gasteiger partial charge on any atom is -0.491 e. The van der Waals surface area contributed by atoms with Crippen LogP contribution in [0.1, 0.15) is 37.8 Å². The zero-order chi connectivity index (χ0) is 22.7.